The Morgan fingerprint density at radius 1 is 1.18 bits per heavy atom. The van der Waals surface area contributed by atoms with Crippen molar-refractivity contribution < 1.29 is 10.2 Å². The molecular formula is C15H20O2. The molecule has 1 fully saturated rings. The zero-order valence-electron chi connectivity index (χ0n) is 10.1. The maximum Gasteiger partial charge on any atom is 0.0743 e. The number of fused-ring (bicyclic) bond motifs is 3. The van der Waals surface area contributed by atoms with E-state index in [1.165, 1.54) is 24.0 Å². The minimum atomic E-state index is -0.676. The Labute approximate surface area is 102 Å². The summed E-state index contributed by atoms with van der Waals surface area (Å²) in [5.74, 6) is 0.714. The van der Waals surface area contributed by atoms with Crippen molar-refractivity contribution in [3.63, 3.8) is 0 Å². The lowest BCUT2D eigenvalue weighted by Gasteiger charge is -2.42. The third-order valence-electron chi connectivity index (χ3n) is 4.65. The van der Waals surface area contributed by atoms with Crippen molar-refractivity contribution in [3.8, 4) is 0 Å². The van der Waals surface area contributed by atoms with Crippen molar-refractivity contribution in [2.24, 2.45) is 0 Å². The summed E-state index contributed by atoms with van der Waals surface area (Å²) < 4.78 is 0. The molecule has 0 aromatic heterocycles. The molecule has 3 aliphatic carbocycles. The molecule has 1 aromatic carbocycles. The molecule has 1 aromatic rings. The Kier molecular flexibility index (Phi) is 2.72. The second kappa shape index (κ2) is 4.11. The minimum absolute atomic E-state index is 0.0852. The molecule has 2 bridgehead atoms. The van der Waals surface area contributed by atoms with Crippen LogP contribution in [0.15, 0.2) is 24.3 Å². The van der Waals surface area contributed by atoms with Gasteiger partial charge in [0.15, 0.2) is 0 Å². The number of benzene rings is 1. The number of hydrogen-bond acceptors (Lipinski definition) is 2. The lowest BCUT2D eigenvalue weighted by atomic mass is 9.67. The average Bonchev–Trinajstić information content (AvgIpc) is 2.60. The highest BCUT2D eigenvalue weighted by molar-refractivity contribution is 5.39. The SMILES string of the molecule is OCC[C@@]1(O)C[C@H]2CCC[C@@H]1c1ccccc12. The van der Waals surface area contributed by atoms with E-state index in [1.54, 1.807) is 0 Å². The van der Waals surface area contributed by atoms with E-state index in [9.17, 15) is 10.2 Å². The van der Waals surface area contributed by atoms with Crippen LogP contribution in [0.5, 0.6) is 0 Å². The van der Waals surface area contributed by atoms with Gasteiger partial charge in [-0.2, -0.15) is 0 Å². The first-order valence-corrected chi connectivity index (χ1v) is 6.67. The van der Waals surface area contributed by atoms with E-state index in [4.69, 9.17) is 0 Å². The summed E-state index contributed by atoms with van der Waals surface area (Å²) in [6.07, 6.45) is 4.78. The molecule has 0 saturated heterocycles. The predicted molar refractivity (Wildman–Crippen MR) is 67.0 cm³/mol. The van der Waals surface area contributed by atoms with E-state index in [2.05, 4.69) is 24.3 Å². The quantitative estimate of drug-likeness (QED) is 0.822. The van der Waals surface area contributed by atoms with Gasteiger partial charge in [0.25, 0.3) is 0 Å². The Hall–Kier alpha value is -0.860. The normalized spacial score (nSPS) is 35.4. The topological polar surface area (TPSA) is 40.5 Å². The van der Waals surface area contributed by atoms with Crippen molar-refractivity contribution >= 4 is 0 Å². The first-order valence-electron chi connectivity index (χ1n) is 6.67. The fourth-order valence-electron chi connectivity index (χ4n) is 3.89. The van der Waals surface area contributed by atoms with Gasteiger partial charge in [0.05, 0.1) is 5.60 Å². The molecule has 3 aliphatic rings. The largest absolute Gasteiger partial charge is 0.396 e. The molecule has 1 saturated carbocycles. The number of hydrogen-bond donors (Lipinski definition) is 2. The van der Waals surface area contributed by atoms with Gasteiger partial charge in [-0.25, -0.2) is 0 Å². The summed E-state index contributed by atoms with van der Waals surface area (Å²) in [5.41, 5.74) is 2.10. The van der Waals surface area contributed by atoms with E-state index in [0.29, 0.717) is 12.3 Å². The van der Waals surface area contributed by atoms with Crippen LogP contribution in [0.25, 0.3) is 0 Å². The van der Waals surface area contributed by atoms with Gasteiger partial charge in [-0.05, 0) is 42.7 Å². The number of rotatable bonds is 2. The molecule has 2 nitrogen and oxygen atoms in total. The van der Waals surface area contributed by atoms with E-state index >= 15 is 0 Å². The Morgan fingerprint density at radius 3 is 2.71 bits per heavy atom. The molecule has 2 N–H and O–H groups in total. The molecule has 0 heterocycles. The summed E-state index contributed by atoms with van der Waals surface area (Å²) in [7, 11) is 0. The molecule has 17 heavy (non-hydrogen) atoms. The summed E-state index contributed by atoms with van der Waals surface area (Å²) in [6.45, 7) is 0.0852. The van der Waals surface area contributed by atoms with Crippen molar-refractivity contribution in [3.05, 3.63) is 35.4 Å². The summed E-state index contributed by atoms with van der Waals surface area (Å²) in [5, 5.41) is 20.0. The fourth-order valence-corrected chi connectivity index (χ4v) is 3.89. The molecule has 0 radical (unpaired) electrons. The molecule has 3 atom stereocenters. The molecular weight excluding hydrogens is 212 g/mol. The van der Waals surface area contributed by atoms with Crippen molar-refractivity contribution in [2.45, 2.75) is 49.5 Å². The van der Waals surface area contributed by atoms with Crippen LogP contribution in [0.3, 0.4) is 0 Å². The average molecular weight is 232 g/mol. The molecule has 92 valence electrons. The van der Waals surface area contributed by atoms with Crippen LogP contribution in [0.1, 0.15) is 55.1 Å². The van der Waals surface area contributed by atoms with Gasteiger partial charge in [0, 0.05) is 12.5 Å². The van der Waals surface area contributed by atoms with E-state index in [-0.39, 0.29) is 12.5 Å². The highest BCUT2D eigenvalue weighted by Gasteiger charge is 2.46. The predicted octanol–water partition coefficient (Wildman–Crippen LogP) is 2.55. The van der Waals surface area contributed by atoms with Crippen LogP contribution in [-0.4, -0.2) is 22.4 Å². The maximum atomic E-state index is 10.8. The Bertz CT molecular complexity index is 415. The van der Waals surface area contributed by atoms with Crippen LogP contribution >= 0.6 is 0 Å². The fraction of sp³-hybridized carbons (Fsp3) is 0.600. The monoisotopic (exact) mass is 232 g/mol. The second-order valence-electron chi connectivity index (χ2n) is 5.59. The zero-order valence-corrected chi connectivity index (χ0v) is 10.1. The molecule has 0 unspecified atom stereocenters. The van der Waals surface area contributed by atoms with Crippen LogP contribution in [-0.2, 0) is 0 Å². The van der Waals surface area contributed by atoms with Gasteiger partial charge in [0.2, 0.25) is 0 Å². The third-order valence-corrected chi connectivity index (χ3v) is 4.65. The number of aliphatic hydroxyl groups is 2. The summed E-state index contributed by atoms with van der Waals surface area (Å²) in [4.78, 5) is 0. The molecule has 0 amide bonds. The van der Waals surface area contributed by atoms with Crippen LogP contribution < -0.4 is 0 Å². The maximum absolute atomic E-state index is 10.8. The first-order chi connectivity index (χ1) is 8.24. The summed E-state index contributed by atoms with van der Waals surface area (Å²) >= 11 is 0. The van der Waals surface area contributed by atoms with Crippen molar-refractivity contribution in [1.29, 1.82) is 0 Å². The van der Waals surface area contributed by atoms with Crippen molar-refractivity contribution in [1.82, 2.24) is 0 Å². The lowest BCUT2D eigenvalue weighted by Crippen LogP contribution is -2.41. The Balaban J connectivity index is 2.08. The van der Waals surface area contributed by atoms with Gasteiger partial charge in [0.1, 0.15) is 0 Å². The van der Waals surface area contributed by atoms with Crippen LogP contribution in [0, 0.1) is 0 Å². The standard InChI is InChI=1S/C15H20O2/c16-9-8-15(17)10-11-4-3-7-14(15)13-6-2-1-5-12(11)13/h1-2,5-6,11,14,16-17H,3-4,7-10H2/t11-,14-,15-/m1/s1. The molecule has 4 rings (SSSR count). The first kappa shape index (κ1) is 11.2. The lowest BCUT2D eigenvalue weighted by molar-refractivity contribution is -0.0253. The molecule has 0 spiro atoms. The molecule has 2 heteroatoms. The van der Waals surface area contributed by atoms with E-state index in [0.717, 1.165) is 12.8 Å². The number of aliphatic hydroxyl groups excluding tert-OH is 1. The highest BCUT2D eigenvalue weighted by atomic mass is 16.3. The van der Waals surface area contributed by atoms with E-state index in [1.807, 2.05) is 0 Å². The van der Waals surface area contributed by atoms with Crippen LogP contribution in [0.2, 0.25) is 0 Å². The van der Waals surface area contributed by atoms with Gasteiger partial charge in [-0.15, -0.1) is 0 Å². The highest BCUT2D eigenvalue weighted by Crippen LogP contribution is 2.53. The van der Waals surface area contributed by atoms with Gasteiger partial charge >= 0.3 is 0 Å². The zero-order chi connectivity index (χ0) is 11.9. The van der Waals surface area contributed by atoms with Gasteiger partial charge in [-0.3, -0.25) is 0 Å². The van der Waals surface area contributed by atoms with E-state index < -0.39 is 5.60 Å². The smallest absolute Gasteiger partial charge is 0.0743 e. The second-order valence-corrected chi connectivity index (χ2v) is 5.59. The van der Waals surface area contributed by atoms with Crippen LogP contribution in [0.4, 0.5) is 0 Å². The minimum Gasteiger partial charge on any atom is -0.396 e. The Morgan fingerprint density at radius 2 is 1.94 bits per heavy atom. The van der Waals surface area contributed by atoms with Crippen molar-refractivity contribution in [2.75, 3.05) is 6.61 Å². The van der Waals surface area contributed by atoms with Gasteiger partial charge < -0.3 is 10.2 Å². The third kappa shape index (κ3) is 1.71. The summed E-state index contributed by atoms with van der Waals surface area (Å²) in [6, 6.07) is 8.56. The van der Waals surface area contributed by atoms with Gasteiger partial charge in [-0.1, -0.05) is 30.7 Å². The molecule has 0 aliphatic heterocycles.